The van der Waals surface area contributed by atoms with Gasteiger partial charge in [0.1, 0.15) is 5.01 Å². The van der Waals surface area contributed by atoms with Crippen molar-refractivity contribution < 1.29 is 14.7 Å². The number of anilines is 1. The number of oxime groups is 1. The van der Waals surface area contributed by atoms with E-state index in [0.717, 1.165) is 36.4 Å². The lowest BCUT2D eigenvalue weighted by atomic mass is 10.1. The maximum atomic E-state index is 13.9. The lowest BCUT2D eigenvalue weighted by Gasteiger charge is -2.17. The Morgan fingerprint density at radius 3 is 2.56 bits per heavy atom. The quantitative estimate of drug-likeness (QED) is 0.402. The third-order valence-corrected chi connectivity index (χ3v) is 5.32. The van der Waals surface area contributed by atoms with Gasteiger partial charge in [0.25, 0.3) is 0 Å². The zero-order valence-electron chi connectivity index (χ0n) is 14.3. The van der Waals surface area contributed by atoms with Crippen LogP contribution in [0.3, 0.4) is 0 Å². The van der Waals surface area contributed by atoms with Gasteiger partial charge in [0.05, 0.1) is 6.21 Å². The number of halogens is 1. The van der Waals surface area contributed by atoms with Crippen LogP contribution in [0.5, 0.6) is 5.75 Å². The standard InChI is InChI=1S/C19H17FN4O2S/c20-16-10-13(9-14(11-21-26)17(16)25)19-22-18(23-27-19)12-3-5-15(6-4-12)24-7-1-2-8-24/h3-6,9-11,25-26H,1-2,7-8H2/b21-11-. The normalized spacial score (nSPS) is 14.3. The van der Waals surface area contributed by atoms with Gasteiger partial charge in [-0.05, 0) is 60.8 Å². The maximum Gasteiger partial charge on any atom is 0.173 e. The first-order valence-corrected chi connectivity index (χ1v) is 9.32. The molecule has 0 atom stereocenters. The van der Waals surface area contributed by atoms with Crippen LogP contribution >= 0.6 is 11.5 Å². The predicted molar refractivity (Wildman–Crippen MR) is 103 cm³/mol. The first kappa shape index (κ1) is 17.4. The van der Waals surface area contributed by atoms with E-state index in [1.807, 2.05) is 12.1 Å². The second-order valence-electron chi connectivity index (χ2n) is 6.30. The van der Waals surface area contributed by atoms with Crippen molar-refractivity contribution in [2.24, 2.45) is 5.16 Å². The van der Waals surface area contributed by atoms with Gasteiger partial charge in [0, 0.05) is 35.5 Å². The number of hydrogen-bond acceptors (Lipinski definition) is 7. The van der Waals surface area contributed by atoms with E-state index < -0.39 is 11.6 Å². The van der Waals surface area contributed by atoms with Crippen LogP contribution in [-0.2, 0) is 0 Å². The zero-order chi connectivity index (χ0) is 18.8. The van der Waals surface area contributed by atoms with Crippen molar-refractivity contribution in [3.63, 3.8) is 0 Å². The van der Waals surface area contributed by atoms with E-state index in [1.165, 1.54) is 30.7 Å². The maximum absolute atomic E-state index is 13.9. The molecule has 3 aromatic rings. The van der Waals surface area contributed by atoms with Crippen molar-refractivity contribution in [3.8, 4) is 27.7 Å². The monoisotopic (exact) mass is 384 g/mol. The fourth-order valence-corrected chi connectivity index (χ4v) is 3.83. The van der Waals surface area contributed by atoms with Crippen LogP contribution < -0.4 is 4.90 Å². The Kier molecular flexibility index (Phi) is 4.72. The number of benzene rings is 2. The van der Waals surface area contributed by atoms with Crippen molar-refractivity contribution in [1.82, 2.24) is 9.36 Å². The number of nitrogens with zero attached hydrogens (tertiary/aromatic N) is 4. The van der Waals surface area contributed by atoms with Gasteiger partial charge in [0.15, 0.2) is 17.4 Å². The summed E-state index contributed by atoms with van der Waals surface area (Å²) in [5, 5.41) is 21.7. The van der Waals surface area contributed by atoms with E-state index >= 15 is 0 Å². The van der Waals surface area contributed by atoms with Crippen molar-refractivity contribution >= 4 is 23.4 Å². The summed E-state index contributed by atoms with van der Waals surface area (Å²) in [5.41, 5.74) is 2.61. The Hall–Kier alpha value is -3.00. The summed E-state index contributed by atoms with van der Waals surface area (Å²) in [6, 6.07) is 10.8. The zero-order valence-corrected chi connectivity index (χ0v) is 15.2. The number of aromatic nitrogens is 2. The molecule has 1 aromatic heterocycles. The Labute approximate surface area is 159 Å². The molecule has 1 aliphatic heterocycles. The third-order valence-electron chi connectivity index (χ3n) is 4.56. The number of rotatable bonds is 4. The number of hydrogen-bond donors (Lipinski definition) is 2. The van der Waals surface area contributed by atoms with E-state index in [-0.39, 0.29) is 5.56 Å². The van der Waals surface area contributed by atoms with Crippen LogP contribution in [-0.4, -0.2) is 39.0 Å². The lowest BCUT2D eigenvalue weighted by molar-refractivity contribution is 0.321. The molecule has 1 aliphatic rings. The minimum atomic E-state index is -0.811. The van der Waals surface area contributed by atoms with Crippen LogP contribution in [0.1, 0.15) is 18.4 Å². The van der Waals surface area contributed by atoms with Crippen LogP contribution in [0.15, 0.2) is 41.6 Å². The Morgan fingerprint density at radius 1 is 1.11 bits per heavy atom. The summed E-state index contributed by atoms with van der Waals surface area (Å²) in [6.45, 7) is 2.18. The molecule has 8 heteroatoms. The molecule has 2 N–H and O–H groups in total. The molecule has 4 rings (SSSR count). The summed E-state index contributed by atoms with van der Waals surface area (Å²) in [4.78, 5) is 6.84. The Morgan fingerprint density at radius 2 is 1.85 bits per heavy atom. The molecule has 0 radical (unpaired) electrons. The molecule has 27 heavy (non-hydrogen) atoms. The second-order valence-corrected chi connectivity index (χ2v) is 7.06. The predicted octanol–water partition coefficient (Wildman–Crippen LogP) is 4.13. The molecule has 0 amide bonds. The third kappa shape index (κ3) is 3.48. The first-order valence-electron chi connectivity index (χ1n) is 8.55. The Balaban J connectivity index is 1.62. The molecule has 1 saturated heterocycles. The molecule has 2 heterocycles. The Bertz CT molecular complexity index is 982. The van der Waals surface area contributed by atoms with E-state index in [0.29, 0.717) is 16.4 Å². The lowest BCUT2D eigenvalue weighted by Crippen LogP contribution is -2.17. The van der Waals surface area contributed by atoms with Gasteiger partial charge in [-0.3, -0.25) is 0 Å². The first-order chi connectivity index (χ1) is 13.2. The highest BCUT2D eigenvalue weighted by molar-refractivity contribution is 7.09. The van der Waals surface area contributed by atoms with Crippen LogP contribution in [0.25, 0.3) is 22.0 Å². The minimum absolute atomic E-state index is 0.0687. The summed E-state index contributed by atoms with van der Waals surface area (Å²) >= 11 is 1.14. The van der Waals surface area contributed by atoms with Gasteiger partial charge in [-0.15, -0.1) is 0 Å². The van der Waals surface area contributed by atoms with Gasteiger partial charge in [-0.1, -0.05) is 5.16 Å². The van der Waals surface area contributed by atoms with Crippen molar-refractivity contribution in [1.29, 1.82) is 0 Å². The average Bonchev–Trinajstić information content (AvgIpc) is 3.37. The molecule has 0 spiro atoms. The molecule has 0 bridgehead atoms. The van der Waals surface area contributed by atoms with Crippen molar-refractivity contribution in [2.75, 3.05) is 18.0 Å². The highest BCUT2D eigenvalue weighted by Gasteiger charge is 2.15. The van der Waals surface area contributed by atoms with E-state index in [1.54, 1.807) is 0 Å². The molecule has 0 aliphatic carbocycles. The molecule has 2 aromatic carbocycles. The SMILES string of the molecule is O/N=C\c1cc(-c2nc(-c3ccc(N4CCCC4)cc3)ns2)cc(F)c1O. The number of phenols is 1. The van der Waals surface area contributed by atoms with E-state index in [4.69, 9.17) is 5.21 Å². The summed E-state index contributed by atoms with van der Waals surface area (Å²) in [7, 11) is 0. The van der Waals surface area contributed by atoms with E-state index in [2.05, 4.69) is 31.5 Å². The number of aromatic hydroxyl groups is 1. The summed E-state index contributed by atoms with van der Waals surface area (Å²) < 4.78 is 18.3. The van der Waals surface area contributed by atoms with Gasteiger partial charge < -0.3 is 15.2 Å². The average molecular weight is 384 g/mol. The molecule has 6 nitrogen and oxygen atoms in total. The van der Waals surface area contributed by atoms with Crippen LogP contribution in [0, 0.1) is 5.82 Å². The fraction of sp³-hybridized carbons (Fsp3) is 0.211. The van der Waals surface area contributed by atoms with Gasteiger partial charge in [-0.2, -0.15) is 4.37 Å². The summed E-state index contributed by atoms with van der Waals surface area (Å²) in [5.74, 6) is -0.818. The second kappa shape index (κ2) is 7.32. The molecular weight excluding hydrogens is 367 g/mol. The fourth-order valence-electron chi connectivity index (χ4n) is 3.16. The minimum Gasteiger partial charge on any atom is -0.504 e. The highest BCUT2D eigenvalue weighted by atomic mass is 32.1. The molecule has 0 unspecified atom stereocenters. The largest absolute Gasteiger partial charge is 0.504 e. The molecule has 1 fully saturated rings. The van der Waals surface area contributed by atoms with Crippen molar-refractivity contribution in [2.45, 2.75) is 12.8 Å². The van der Waals surface area contributed by atoms with Gasteiger partial charge in [0.2, 0.25) is 0 Å². The van der Waals surface area contributed by atoms with Gasteiger partial charge in [-0.25, -0.2) is 9.37 Å². The molecule has 0 saturated carbocycles. The smallest absolute Gasteiger partial charge is 0.173 e. The van der Waals surface area contributed by atoms with Crippen LogP contribution in [0.2, 0.25) is 0 Å². The van der Waals surface area contributed by atoms with Crippen LogP contribution in [0.4, 0.5) is 10.1 Å². The molecular formula is C19H17FN4O2S. The van der Waals surface area contributed by atoms with Gasteiger partial charge >= 0.3 is 0 Å². The molecule has 138 valence electrons. The van der Waals surface area contributed by atoms with Crippen molar-refractivity contribution in [3.05, 3.63) is 47.8 Å². The summed E-state index contributed by atoms with van der Waals surface area (Å²) in [6.07, 6.45) is 3.43. The van der Waals surface area contributed by atoms with E-state index in [9.17, 15) is 9.50 Å². The number of phenolic OH excluding ortho intramolecular Hbond substituents is 1. The topological polar surface area (TPSA) is 81.8 Å². The highest BCUT2D eigenvalue weighted by Crippen LogP contribution is 2.31.